The molecule has 0 fully saturated rings. The molecule has 5 heteroatoms. The molecule has 1 aromatic heterocycles. The van der Waals surface area contributed by atoms with Gasteiger partial charge in [0.25, 0.3) is 0 Å². The van der Waals surface area contributed by atoms with E-state index < -0.39 is 11.6 Å². The van der Waals surface area contributed by atoms with Gasteiger partial charge >= 0.3 is 0 Å². The minimum atomic E-state index is -0.535. The van der Waals surface area contributed by atoms with E-state index >= 15 is 0 Å². The second-order valence-corrected chi connectivity index (χ2v) is 6.25. The molecule has 0 bridgehead atoms. The highest BCUT2D eigenvalue weighted by Gasteiger charge is 2.16. The number of hydrogen-bond donors (Lipinski definition) is 1. The number of halogens is 2. The van der Waals surface area contributed by atoms with Crippen molar-refractivity contribution in [3.63, 3.8) is 0 Å². The Morgan fingerprint density at radius 2 is 1.95 bits per heavy atom. The summed E-state index contributed by atoms with van der Waals surface area (Å²) in [7, 11) is 1.69. The number of thiophene rings is 1. The molecule has 0 saturated heterocycles. The van der Waals surface area contributed by atoms with Gasteiger partial charge in [-0.15, -0.1) is 11.3 Å². The average Bonchev–Trinajstić information content (AvgIpc) is 2.90. The van der Waals surface area contributed by atoms with Gasteiger partial charge < -0.3 is 10.6 Å². The van der Waals surface area contributed by atoms with Crippen LogP contribution >= 0.6 is 11.3 Å². The summed E-state index contributed by atoms with van der Waals surface area (Å²) in [4.78, 5) is 2.66. The van der Waals surface area contributed by atoms with Crippen LogP contribution in [0.15, 0.2) is 29.6 Å². The summed E-state index contributed by atoms with van der Waals surface area (Å²) in [6.07, 6.45) is 1.27. The summed E-state index contributed by atoms with van der Waals surface area (Å²) < 4.78 is 28.5. The smallest absolute Gasteiger partial charge is 0.149 e. The van der Waals surface area contributed by atoms with Gasteiger partial charge in [0.2, 0.25) is 0 Å². The summed E-state index contributed by atoms with van der Waals surface area (Å²) in [5.74, 6) is -1.07. The molecular formula is C16H20F2N2S. The lowest BCUT2D eigenvalue weighted by molar-refractivity contribution is 0.568. The lowest BCUT2D eigenvalue weighted by Crippen LogP contribution is -2.22. The second-order valence-electron chi connectivity index (χ2n) is 5.22. The molecule has 2 N–H and O–H groups in total. The zero-order chi connectivity index (χ0) is 15.4. The van der Waals surface area contributed by atoms with Gasteiger partial charge in [0.15, 0.2) is 0 Å². The van der Waals surface area contributed by atoms with Crippen LogP contribution in [0.25, 0.3) is 0 Å². The van der Waals surface area contributed by atoms with Gasteiger partial charge in [0.05, 0.1) is 6.54 Å². The SMILES string of the molecule is CCC(N)Cc1cc(F)c(N(C)Cc2cccs2)c(F)c1. The minimum Gasteiger partial charge on any atom is -0.365 e. The van der Waals surface area contributed by atoms with E-state index in [1.165, 1.54) is 12.1 Å². The Labute approximate surface area is 128 Å². The lowest BCUT2D eigenvalue weighted by atomic mass is 10.0. The third-order valence-corrected chi connectivity index (χ3v) is 4.31. The van der Waals surface area contributed by atoms with Gasteiger partial charge in [-0.2, -0.15) is 0 Å². The van der Waals surface area contributed by atoms with E-state index in [9.17, 15) is 8.78 Å². The van der Waals surface area contributed by atoms with Crippen LogP contribution in [0.1, 0.15) is 23.8 Å². The molecule has 0 amide bonds. The number of rotatable bonds is 6. The highest BCUT2D eigenvalue weighted by molar-refractivity contribution is 7.09. The Morgan fingerprint density at radius 3 is 2.48 bits per heavy atom. The minimum absolute atomic E-state index is 0.0113. The van der Waals surface area contributed by atoms with E-state index in [0.29, 0.717) is 18.5 Å². The number of hydrogen-bond acceptors (Lipinski definition) is 3. The topological polar surface area (TPSA) is 29.3 Å². The van der Waals surface area contributed by atoms with Crippen molar-refractivity contribution in [3.8, 4) is 0 Å². The van der Waals surface area contributed by atoms with Crippen LogP contribution in [0.3, 0.4) is 0 Å². The van der Waals surface area contributed by atoms with Crippen molar-refractivity contribution in [1.82, 2.24) is 0 Å². The summed E-state index contributed by atoms with van der Waals surface area (Å²) in [6.45, 7) is 2.44. The lowest BCUT2D eigenvalue weighted by Gasteiger charge is -2.21. The maximum atomic E-state index is 14.2. The Hall–Kier alpha value is -1.46. The molecule has 21 heavy (non-hydrogen) atoms. The van der Waals surface area contributed by atoms with Crippen molar-refractivity contribution in [3.05, 3.63) is 51.7 Å². The molecule has 1 aromatic carbocycles. The number of nitrogens with zero attached hydrogens (tertiary/aromatic N) is 1. The molecule has 0 radical (unpaired) electrons. The first-order chi connectivity index (χ1) is 10.0. The maximum Gasteiger partial charge on any atom is 0.149 e. The van der Waals surface area contributed by atoms with E-state index in [-0.39, 0.29) is 11.7 Å². The third kappa shape index (κ3) is 4.02. The standard InChI is InChI=1S/C16H20F2N2S/c1-3-12(19)7-11-8-14(17)16(15(18)9-11)20(2)10-13-5-4-6-21-13/h4-6,8-9,12H,3,7,10,19H2,1-2H3. The highest BCUT2D eigenvalue weighted by Crippen LogP contribution is 2.26. The molecule has 1 heterocycles. The van der Waals surface area contributed by atoms with Gasteiger partial charge in [-0.3, -0.25) is 0 Å². The molecule has 0 aliphatic carbocycles. The first-order valence-electron chi connectivity index (χ1n) is 6.98. The van der Waals surface area contributed by atoms with Crippen LogP contribution < -0.4 is 10.6 Å². The molecule has 114 valence electrons. The summed E-state index contributed by atoms with van der Waals surface area (Å²) in [5.41, 5.74) is 6.45. The highest BCUT2D eigenvalue weighted by atomic mass is 32.1. The van der Waals surface area contributed by atoms with Gasteiger partial charge in [-0.1, -0.05) is 13.0 Å². The summed E-state index contributed by atoms with van der Waals surface area (Å²) >= 11 is 1.57. The van der Waals surface area contributed by atoms with Crippen LogP contribution in [0.5, 0.6) is 0 Å². The fourth-order valence-electron chi connectivity index (χ4n) is 2.26. The molecule has 0 spiro atoms. The number of anilines is 1. The average molecular weight is 310 g/mol. The van der Waals surface area contributed by atoms with Crippen molar-refractivity contribution in [1.29, 1.82) is 0 Å². The van der Waals surface area contributed by atoms with E-state index in [0.717, 1.165) is 11.3 Å². The van der Waals surface area contributed by atoms with Gasteiger partial charge in [0, 0.05) is 18.0 Å². The van der Waals surface area contributed by atoms with Crippen LogP contribution in [0.4, 0.5) is 14.5 Å². The van der Waals surface area contributed by atoms with Crippen molar-refractivity contribution in [2.75, 3.05) is 11.9 Å². The van der Waals surface area contributed by atoms with Crippen LogP contribution in [0.2, 0.25) is 0 Å². The predicted octanol–water partition coefficient (Wildman–Crippen LogP) is 3.94. The first-order valence-corrected chi connectivity index (χ1v) is 7.86. The molecule has 2 nitrogen and oxygen atoms in total. The van der Waals surface area contributed by atoms with Crippen molar-refractivity contribution < 1.29 is 8.78 Å². The van der Waals surface area contributed by atoms with Crippen LogP contribution in [-0.4, -0.2) is 13.1 Å². The molecule has 1 atom stereocenters. The largest absolute Gasteiger partial charge is 0.365 e. The Bertz CT molecular complexity index is 561. The zero-order valence-electron chi connectivity index (χ0n) is 12.3. The maximum absolute atomic E-state index is 14.2. The normalized spacial score (nSPS) is 12.4. The van der Waals surface area contributed by atoms with E-state index in [4.69, 9.17) is 5.73 Å². The first kappa shape index (κ1) is 15.9. The molecule has 2 rings (SSSR count). The summed E-state index contributed by atoms with van der Waals surface area (Å²) in [6, 6.07) is 6.58. The van der Waals surface area contributed by atoms with Crippen molar-refractivity contribution in [2.45, 2.75) is 32.4 Å². The predicted molar refractivity (Wildman–Crippen MR) is 84.8 cm³/mol. The number of benzene rings is 1. The molecule has 0 saturated carbocycles. The third-order valence-electron chi connectivity index (χ3n) is 3.45. The van der Waals surface area contributed by atoms with Crippen molar-refractivity contribution in [2.24, 2.45) is 5.73 Å². The monoisotopic (exact) mass is 310 g/mol. The van der Waals surface area contributed by atoms with Crippen LogP contribution in [-0.2, 0) is 13.0 Å². The van der Waals surface area contributed by atoms with Crippen molar-refractivity contribution >= 4 is 17.0 Å². The fourth-order valence-corrected chi connectivity index (χ4v) is 3.02. The van der Waals surface area contributed by atoms with Gasteiger partial charge in [0.1, 0.15) is 17.3 Å². The Kier molecular flexibility index (Phi) is 5.31. The van der Waals surface area contributed by atoms with E-state index in [1.807, 2.05) is 24.4 Å². The fraction of sp³-hybridized carbons (Fsp3) is 0.375. The van der Waals surface area contributed by atoms with Gasteiger partial charge in [-0.05, 0) is 42.0 Å². The quantitative estimate of drug-likeness (QED) is 0.875. The zero-order valence-corrected chi connectivity index (χ0v) is 13.1. The molecule has 0 aliphatic heterocycles. The number of nitrogens with two attached hydrogens (primary N) is 1. The van der Waals surface area contributed by atoms with E-state index in [2.05, 4.69) is 0 Å². The molecule has 0 aliphatic rings. The molecule has 1 unspecified atom stereocenters. The second kappa shape index (κ2) is 7.00. The van der Waals surface area contributed by atoms with E-state index in [1.54, 1.807) is 23.3 Å². The summed E-state index contributed by atoms with van der Waals surface area (Å²) in [5, 5.41) is 1.95. The Balaban J connectivity index is 2.20. The Morgan fingerprint density at radius 1 is 1.29 bits per heavy atom. The molecular weight excluding hydrogens is 290 g/mol. The van der Waals surface area contributed by atoms with Crippen LogP contribution in [0, 0.1) is 11.6 Å². The molecule has 2 aromatic rings. The van der Waals surface area contributed by atoms with Gasteiger partial charge in [-0.25, -0.2) is 8.78 Å².